The fourth-order valence-electron chi connectivity index (χ4n) is 1.76. The third-order valence-corrected chi connectivity index (χ3v) is 2.46. The fourth-order valence-corrected chi connectivity index (χ4v) is 1.76. The molecule has 0 amide bonds. The maximum absolute atomic E-state index is 4.52. The molecule has 1 aromatic heterocycles. The van der Waals surface area contributed by atoms with E-state index in [1.54, 1.807) is 0 Å². The molecule has 3 heteroatoms. The molecule has 2 rings (SSSR count). The van der Waals surface area contributed by atoms with Crippen molar-refractivity contribution in [1.82, 2.24) is 9.78 Å². The van der Waals surface area contributed by atoms with Gasteiger partial charge in [0.25, 0.3) is 0 Å². The van der Waals surface area contributed by atoms with Gasteiger partial charge in [-0.25, -0.2) is 4.68 Å². The van der Waals surface area contributed by atoms with Gasteiger partial charge in [0, 0.05) is 18.7 Å². The zero-order chi connectivity index (χ0) is 8.55. The van der Waals surface area contributed by atoms with Crippen molar-refractivity contribution < 1.29 is 0 Å². The van der Waals surface area contributed by atoms with Crippen LogP contribution in [0.4, 0.5) is 5.82 Å². The first-order valence-corrected chi connectivity index (χ1v) is 4.63. The standard InChI is InChI=1S/C9H15N3/c1-3-8-7(2)9-10-5-4-6-12(9)11-8/h10H,3-6H2,1-2H3. The van der Waals surface area contributed by atoms with Gasteiger partial charge in [-0.1, -0.05) is 6.92 Å². The lowest BCUT2D eigenvalue weighted by Crippen LogP contribution is -2.17. The van der Waals surface area contributed by atoms with Crippen LogP contribution in [-0.4, -0.2) is 16.3 Å². The molecule has 0 unspecified atom stereocenters. The fraction of sp³-hybridized carbons (Fsp3) is 0.667. The molecule has 1 N–H and O–H groups in total. The van der Waals surface area contributed by atoms with Crippen LogP contribution >= 0.6 is 0 Å². The number of hydrogen-bond acceptors (Lipinski definition) is 2. The summed E-state index contributed by atoms with van der Waals surface area (Å²) in [6, 6.07) is 0. The van der Waals surface area contributed by atoms with E-state index in [4.69, 9.17) is 0 Å². The number of fused-ring (bicyclic) bond motifs is 1. The summed E-state index contributed by atoms with van der Waals surface area (Å²) in [7, 11) is 0. The first kappa shape index (κ1) is 7.65. The van der Waals surface area contributed by atoms with Crippen LogP contribution in [0.1, 0.15) is 24.6 Å². The van der Waals surface area contributed by atoms with E-state index >= 15 is 0 Å². The lowest BCUT2D eigenvalue weighted by Gasteiger charge is -2.15. The average Bonchev–Trinajstić information content (AvgIpc) is 2.44. The summed E-state index contributed by atoms with van der Waals surface area (Å²) < 4.78 is 2.09. The highest BCUT2D eigenvalue weighted by atomic mass is 15.3. The monoisotopic (exact) mass is 165 g/mol. The van der Waals surface area contributed by atoms with E-state index in [0.717, 1.165) is 19.5 Å². The van der Waals surface area contributed by atoms with E-state index < -0.39 is 0 Å². The second kappa shape index (κ2) is 2.81. The average molecular weight is 165 g/mol. The van der Waals surface area contributed by atoms with Crippen LogP contribution in [0.3, 0.4) is 0 Å². The van der Waals surface area contributed by atoms with Gasteiger partial charge in [-0.15, -0.1) is 0 Å². The summed E-state index contributed by atoms with van der Waals surface area (Å²) in [6.45, 7) is 6.47. The zero-order valence-electron chi connectivity index (χ0n) is 7.72. The van der Waals surface area contributed by atoms with Crippen molar-refractivity contribution in [2.75, 3.05) is 11.9 Å². The summed E-state index contributed by atoms with van der Waals surface area (Å²) >= 11 is 0. The number of hydrogen-bond donors (Lipinski definition) is 1. The van der Waals surface area contributed by atoms with Crippen LogP contribution in [0, 0.1) is 6.92 Å². The normalized spacial score (nSPS) is 15.5. The third kappa shape index (κ3) is 1.00. The van der Waals surface area contributed by atoms with Crippen molar-refractivity contribution in [1.29, 1.82) is 0 Å². The topological polar surface area (TPSA) is 29.9 Å². The van der Waals surface area contributed by atoms with Gasteiger partial charge >= 0.3 is 0 Å². The van der Waals surface area contributed by atoms with Crippen LogP contribution in [-0.2, 0) is 13.0 Å². The molecule has 0 aliphatic carbocycles. The van der Waals surface area contributed by atoms with Crippen molar-refractivity contribution in [3.05, 3.63) is 11.3 Å². The number of anilines is 1. The number of nitrogens with zero attached hydrogens (tertiary/aromatic N) is 2. The molecule has 0 saturated heterocycles. The van der Waals surface area contributed by atoms with E-state index in [1.807, 2.05) is 0 Å². The van der Waals surface area contributed by atoms with E-state index in [-0.39, 0.29) is 0 Å². The molecule has 12 heavy (non-hydrogen) atoms. The van der Waals surface area contributed by atoms with Crippen LogP contribution < -0.4 is 5.32 Å². The molecule has 0 fully saturated rings. The first-order valence-electron chi connectivity index (χ1n) is 4.63. The molecule has 2 heterocycles. The molecule has 1 aromatic rings. The van der Waals surface area contributed by atoms with Gasteiger partial charge < -0.3 is 5.32 Å². The molecule has 3 nitrogen and oxygen atoms in total. The minimum Gasteiger partial charge on any atom is -0.370 e. The maximum atomic E-state index is 4.52. The van der Waals surface area contributed by atoms with Gasteiger partial charge in [0.15, 0.2) is 0 Å². The minimum atomic E-state index is 1.04. The van der Waals surface area contributed by atoms with Gasteiger partial charge in [0.05, 0.1) is 5.69 Å². The van der Waals surface area contributed by atoms with Crippen LogP contribution in [0.25, 0.3) is 0 Å². The Morgan fingerprint density at radius 1 is 1.58 bits per heavy atom. The van der Waals surface area contributed by atoms with E-state index in [1.165, 1.54) is 23.5 Å². The Hall–Kier alpha value is -0.990. The summed E-state index contributed by atoms with van der Waals surface area (Å²) in [5, 5.41) is 7.91. The quantitative estimate of drug-likeness (QED) is 0.684. The number of aryl methyl sites for hydroxylation is 2. The van der Waals surface area contributed by atoms with Crippen LogP contribution in [0.2, 0.25) is 0 Å². The molecule has 0 aromatic carbocycles. The molecular formula is C9H15N3. The Balaban J connectivity index is 2.44. The molecule has 66 valence electrons. The largest absolute Gasteiger partial charge is 0.370 e. The van der Waals surface area contributed by atoms with Gasteiger partial charge in [-0.05, 0) is 19.8 Å². The number of aromatic nitrogens is 2. The second-order valence-corrected chi connectivity index (χ2v) is 3.28. The van der Waals surface area contributed by atoms with Crippen molar-refractivity contribution >= 4 is 5.82 Å². The maximum Gasteiger partial charge on any atom is 0.127 e. The van der Waals surface area contributed by atoms with Gasteiger partial charge in [-0.3, -0.25) is 0 Å². The van der Waals surface area contributed by atoms with Crippen LogP contribution in [0.5, 0.6) is 0 Å². The summed E-state index contributed by atoms with van der Waals surface area (Å²) in [5.74, 6) is 1.23. The molecule has 0 saturated carbocycles. The Bertz CT molecular complexity index is 288. The van der Waals surface area contributed by atoms with E-state index in [2.05, 4.69) is 28.9 Å². The smallest absolute Gasteiger partial charge is 0.127 e. The Morgan fingerprint density at radius 2 is 2.42 bits per heavy atom. The van der Waals surface area contributed by atoms with Crippen molar-refractivity contribution in [2.24, 2.45) is 0 Å². The number of rotatable bonds is 1. The van der Waals surface area contributed by atoms with Gasteiger partial charge in [-0.2, -0.15) is 5.10 Å². The highest BCUT2D eigenvalue weighted by Crippen LogP contribution is 2.22. The minimum absolute atomic E-state index is 1.04. The number of nitrogens with one attached hydrogen (secondary N) is 1. The predicted molar refractivity (Wildman–Crippen MR) is 49.4 cm³/mol. The lowest BCUT2D eigenvalue weighted by atomic mass is 10.2. The first-order chi connectivity index (χ1) is 5.83. The van der Waals surface area contributed by atoms with E-state index in [9.17, 15) is 0 Å². The third-order valence-electron chi connectivity index (χ3n) is 2.46. The molecule has 0 atom stereocenters. The molecular weight excluding hydrogens is 150 g/mol. The molecule has 1 aliphatic rings. The van der Waals surface area contributed by atoms with Crippen LogP contribution in [0.15, 0.2) is 0 Å². The van der Waals surface area contributed by atoms with E-state index in [0.29, 0.717) is 0 Å². The molecule has 0 bridgehead atoms. The molecule has 0 spiro atoms. The lowest BCUT2D eigenvalue weighted by molar-refractivity contribution is 0.562. The predicted octanol–water partition coefficient (Wildman–Crippen LogP) is 1.57. The second-order valence-electron chi connectivity index (χ2n) is 3.28. The highest BCUT2D eigenvalue weighted by Gasteiger charge is 2.14. The summed E-state index contributed by atoms with van der Waals surface area (Å²) in [5.41, 5.74) is 2.57. The zero-order valence-corrected chi connectivity index (χ0v) is 7.72. The van der Waals surface area contributed by atoms with Gasteiger partial charge in [0.2, 0.25) is 0 Å². The molecule has 1 aliphatic heterocycles. The van der Waals surface area contributed by atoms with Crippen molar-refractivity contribution in [3.8, 4) is 0 Å². The molecule has 0 radical (unpaired) electrons. The Kier molecular flexibility index (Phi) is 1.79. The Morgan fingerprint density at radius 3 is 3.08 bits per heavy atom. The summed E-state index contributed by atoms with van der Waals surface area (Å²) in [6.07, 6.45) is 2.23. The van der Waals surface area contributed by atoms with Crippen molar-refractivity contribution in [3.63, 3.8) is 0 Å². The Labute approximate surface area is 72.8 Å². The van der Waals surface area contributed by atoms with Gasteiger partial charge in [0.1, 0.15) is 5.82 Å². The SMILES string of the molecule is CCc1nn2c(c1C)NCCC2. The van der Waals surface area contributed by atoms with Crippen molar-refractivity contribution in [2.45, 2.75) is 33.2 Å². The summed E-state index contributed by atoms with van der Waals surface area (Å²) in [4.78, 5) is 0. The highest BCUT2D eigenvalue weighted by molar-refractivity contribution is 5.47.